The van der Waals surface area contributed by atoms with Gasteiger partial charge in [0.15, 0.2) is 0 Å². The third-order valence-electron chi connectivity index (χ3n) is 1.84. The molecule has 0 bridgehead atoms. The molecule has 0 aliphatic rings. The van der Waals surface area contributed by atoms with Crippen molar-refractivity contribution in [3.63, 3.8) is 0 Å². The van der Waals surface area contributed by atoms with Crippen LogP contribution in [0.4, 0.5) is 5.69 Å². The van der Waals surface area contributed by atoms with Gasteiger partial charge in [0, 0.05) is 5.69 Å². The number of sulfonamides is 1. The average molecular weight is 240 g/mol. The minimum atomic E-state index is -3.69. The third kappa shape index (κ3) is 2.66. The van der Waals surface area contributed by atoms with E-state index in [1.54, 1.807) is 6.07 Å². The lowest BCUT2D eigenvalue weighted by Gasteiger charge is -2.09. The van der Waals surface area contributed by atoms with Crippen LogP contribution in [0.25, 0.3) is 0 Å². The summed E-state index contributed by atoms with van der Waals surface area (Å²) in [5, 5.41) is 0. The lowest BCUT2D eigenvalue weighted by atomic mass is 10.3. The minimum absolute atomic E-state index is 0.0229. The molecular weight excluding hydrogens is 228 g/mol. The molecule has 5 nitrogen and oxygen atoms in total. The Balaban J connectivity index is 3.21. The highest BCUT2D eigenvalue weighted by Gasteiger charge is 2.18. The van der Waals surface area contributed by atoms with E-state index in [-0.39, 0.29) is 17.2 Å². The number of anilines is 1. The van der Waals surface area contributed by atoms with E-state index in [0.29, 0.717) is 5.69 Å². The molecule has 16 heavy (non-hydrogen) atoms. The number of methoxy groups -OCH3 is 1. The fourth-order valence-electron chi connectivity index (χ4n) is 1.12. The molecule has 0 spiro atoms. The largest absolute Gasteiger partial charge is 0.495 e. The number of nitrogen functional groups attached to an aromatic ring is 1. The normalized spacial score (nSPS) is 10.8. The van der Waals surface area contributed by atoms with Crippen LogP contribution in [-0.4, -0.2) is 22.1 Å². The fourth-order valence-corrected chi connectivity index (χ4v) is 2.25. The van der Waals surface area contributed by atoms with E-state index in [1.165, 1.54) is 19.2 Å². The predicted octanol–water partition coefficient (Wildman–Crippen LogP) is 0.189. The molecule has 1 rings (SSSR count). The van der Waals surface area contributed by atoms with Crippen LogP contribution in [0.15, 0.2) is 23.1 Å². The molecule has 6 heteroatoms. The lowest BCUT2D eigenvalue weighted by molar-refractivity contribution is 0.402. The molecule has 86 valence electrons. The molecule has 0 unspecified atom stereocenters. The van der Waals surface area contributed by atoms with Crippen LogP contribution < -0.4 is 15.2 Å². The average Bonchev–Trinajstić information content (AvgIpc) is 2.26. The van der Waals surface area contributed by atoms with Gasteiger partial charge in [0.05, 0.1) is 13.7 Å². The maximum atomic E-state index is 11.8. The number of benzene rings is 1. The van der Waals surface area contributed by atoms with Crippen molar-refractivity contribution in [1.29, 1.82) is 0 Å². The highest BCUT2D eigenvalue weighted by molar-refractivity contribution is 7.89. The molecule has 0 fully saturated rings. The maximum absolute atomic E-state index is 11.8. The van der Waals surface area contributed by atoms with Gasteiger partial charge in [-0.25, -0.2) is 8.42 Å². The standard InChI is InChI=1S/C10H12N2O3S/c1-3-6-12-16(13,14)10-7-8(11)4-5-9(10)15-2/h1,4-5,7,12H,6,11H2,2H3. The van der Waals surface area contributed by atoms with Crippen molar-refractivity contribution in [3.8, 4) is 18.1 Å². The molecule has 0 aromatic heterocycles. The van der Waals surface area contributed by atoms with Crippen LogP contribution in [-0.2, 0) is 10.0 Å². The number of nitrogens with two attached hydrogens (primary N) is 1. The van der Waals surface area contributed by atoms with Gasteiger partial charge >= 0.3 is 0 Å². The summed E-state index contributed by atoms with van der Waals surface area (Å²) in [6.45, 7) is -0.0830. The van der Waals surface area contributed by atoms with Gasteiger partial charge in [-0.3, -0.25) is 0 Å². The van der Waals surface area contributed by atoms with Crippen LogP contribution in [0, 0.1) is 12.3 Å². The van der Waals surface area contributed by atoms with Crippen molar-refractivity contribution < 1.29 is 13.2 Å². The van der Waals surface area contributed by atoms with Crippen molar-refractivity contribution in [1.82, 2.24) is 4.72 Å². The van der Waals surface area contributed by atoms with Crippen LogP contribution in [0.1, 0.15) is 0 Å². The molecule has 0 atom stereocenters. The number of ether oxygens (including phenoxy) is 1. The molecule has 0 amide bonds. The van der Waals surface area contributed by atoms with E-state index in [9.17, 15) is 8.42 Å². The Morgan fingerprint density at radius 2 is 2.25 bits per heavy atom. The summed E-state index contributed by atoms with van der Waals surface area (Å²) >= 11 is 0. The van der Waals surface area contributed by atoms with Crippen molar-refractivity contribution >= 4 is 15.7 Å². The van der Waals surface area contributed by atoms with Gasteiger partial charge < -0.3 is 10.5 Å². The van der Waals surface area contributed by atoms with E-state index in [1.807, 2.05) is 0 Å². The zero-order valence-corrected chi connectivity index (χ0v) is 9.54. The van der Waals surface area contributed by atoms with Crippen LogP contribution >= 0.6 is 0 Å². The highest BCUT2D eigenvalue weighted by atomic mass is 32.2. The quantitative estimate of drug-likeness (QED) is 0.581. The number of hydrogen-bond acceptors (Lipinski definition) is 4. The summed E-state index contributed by atoms with van der Waals surface area (Å²) in [6.07, 6.45) is 4.98. The van der Waals surface area contributed by atoms with Gasteiger partial charge in [0.25, 0.3) is 0 Å². The Bertz CT molecular complexity index is 517. The van der Waals surface area contributed by atoms with E-state index < -0.39 is 10.0 Å². The van der Waals surface area contributed by atoms with Gasteiger partial charge in [-0.1, -0.05) is 5.92 Å². The topological polar surface area (TPSA) is 81.4 Å². The maximum Gasteiger partial charge on any atom is 0.245 e. The van der Waals surface area contributed by atoms with E-state index in [2.05, 4.69) is 10.6 Å². The third-order valence-corrected chi connectivity index (χ3v) is 3.26. The first-order chi connectivity index (χ1) is 7.51. The molecule has 0 saturated heterocycles. The van der Waals surface area contributed by atoms with Crippen LogP contribution in [0.2, 0.25) is 0 Å². The molecule has 0 aliphatic heterocycles. The summed E-state index contributed by atoms with van der Waals surface area (Å²) in [6, 6.07) is 4.36. The lowest BCUT2D eigenvalue weighted by Crippen LogP contribution is -2.24. The van der Waals surface area contributed by atoms with Crippen molar-refractivity contribution in [3.05, 3.63) is 18.2 Å². The second-order valence-electron chi connectivity index (χ2n) is 2.94. The Hall–Kier alpha value is -1.71. The van der Waals surface area contributed by atoms with E-state index >= 15 is 0 Å². The Labute approximate surface area is 94.7 Å². The monoisotopic (exact) mass is 240 g/mol. The Kier molecular flexibility index (Phi) is 3.77. The number of nitrogens with one attached hydrogen (secondary N) is 1. The summed E-state index contributed by atoms with van der Waals surface area (Å²) in [4.78, 5) is -0.0229. The van der Waals surface area contributed by atoms with Crippen molar-refractivity contribution in [2.75, 3.05) is 19.4 Å². The molecule has 1 aromatic rings. The summed E-state index contributed by atoms with van der Waals surface area (Å²) in [5.41, 5.74) is 5.85. The highest BCUT2D eigenvalue weighted by Crippen LogP contribution is 2.25. The zero-order valence-electron chi connectivity index (χ0n) is 8.73. The number of terminal acetylenes is 1. The molecule has 1 aromatic carbocycles. The van der Waals surface area contributed by atoms with Crippen LogP contribution in [0.3, 0.4) is 0 Å². The molecule has 3 N–H and O–H groups in total. The van der Waals surface area contributed by atoms with Crippen molar-refractivity contribution in [2.45, 2.75) is 4.90 Å². The van der Waals surface area contributed by atoms with Gasteiger partial charge in [-0.15, -0.1) is 6.42 Å². The summed E-state index contributed by atoms with van der Waals surface area (Å²) in [5.74, 6) is 2.40. The summed E-state index contributed by atoms with van der Waals surface area (Å²) in [7, 11) is -2.30. The van der Waals surface area contributed by atoms with Gasteiger partial charge in [0.2, 0.25) is 10.0 Å². The molecule has 0 saturated carbocycles. The second kappa shape index (κ2) is 4.88. The van der Waals surface area contributed by atoms with Crippen molar-refractivity contribution in [2.24, 2.45) is 0 Å². The Morgan fingerprint density at radius 1 is 1.56 bits per heavy atom. The Morgan fingerprint density at radius 3 is 2.81 bits per heavy atom. The predicted molar refractivity (Wildman–Crippen MR) is 61.4 cm³/mol. The van der Waals surface area contributed by atoms with Gasteiger partial charge in [-0.05, 0) is 18.2 Å². The first-order valence-corrected chi connectivity index (χ1v) is 5.86. The smallest absolute Gasteiger partial charge is 0.245 e. The first-order valence-electron chi connectivity index (χ1n) is 4.38. The second-order valence-corrected chi connectivity index (χ2v) is 4.67. The SMILES string of the molecule is C#CCNS(=O)(=O)c1cc(N)ccc1OC. The first kappa shape index (κ1) is 12.4. The number of hydrogen-bond donors (Lipinski definition) is 2. The van der Waals surface area contributed by atoms with Gasteiger partial charge in [0.1, 0.15) is 10.6 Å². The molecular formula is C10H12N2O3S. The van der Waals surface area contributed by atoms with Crippen LogP contribution in [0.5, 0.6) is 5.75 Å². The fraction of sp³-hybridized carbons (Fsp3) is 0.200. The molecule has 0 heterocycles. The number of rotatable bonds is 4. The zero-order chi connectivity index (χ0) is 12.2. The minimum Gasteiger partial charge on any atom is -0.495 e. The van der Waals surface area contributed by atoms with E-state index in [0.717, 1.165) is 0 Å². The molecule has 0 radical (unpaired) electrons. The molecule has 0 aliphatic carbocycles. The van der Waals surface area contributed by atoms with Gasteiger partial charge in [-0.2, -0.15) is 4.72 Å². The van der Waals surface area contributed by atoms with E-state index in [4.69, 9.17) is 16.9 Å². The summed E-state index contributed by atoms with van der Waals surface area (Å²) < 4.78 is 30.7.